The largest absolute Gasteiger partial charge is 0.371 e. The van der Waals surface area contributed by atoms with Gasteiger partial charge in [0, 0.05) is 25.2 Å². The molecule has 0 fully saturated rings. The molecule has 0 saturated carbocycles. The summed E-state index contributed by atoms with van der Waals surface area (Å²) in [6, 6.07) is 5.99. The lowest BCUT2D eigenvalue weighted by Gasteiger charge is -2.36. The van der Waals surface area contributed by atoms with Crippen LogP contribution in [-0.4, -0.2) is 35.3 Å². The number of hydrogen-bond acceptors (Lipinski definition) is 4. The molecular formula is C13H16ClN5. The first kappa shape index (κ1) is 12.3. The molecule has 1 N–H and O–H groups in total. The van der Waals surface area contributed by atoms with E-state index in [9.17, 15) is 0 Å². The van der Waals surface area contributed by atoms with E-state index in [-0.39, 0.29) is 0 Å². The average molecular weight is 278 g/mol. The van der Waals surface area contributed by atoms with E-state index in [1.807, 2.05) is 19.1 Å². The topological polar surface area (TPSA) is 48.1 Å². The highest BCUT2D eigenvalue weighted by Gasteiger charge is 2.21. The van der Waals surface area contributed by atoms with E-state index in [1.165, 1.54) is 5.69 Å². The number of fused-ring (bicyclic) bond motifs is 1. The molecule has 1 aliphatic rings. The SMILES string of the molecule is Cc1nc(CN2CCN(C)c3cc(Cl)ccc32)n[nH]1. The van der Waals surface area contributed by atoms with E-state index in [0.717, 1.165) is 35.4 Å². The minimum Gasteiger partial charge on any atom is -0.371 e. The van der Waals surface area contributed by atoms with Crippen molar-refractivity contribution in [2.24, 2.45) is 0 Å². The third-order valence-electron chi connectivity index (χ3n) is 3.37. The van der Waals surface area contributed by atoms with Crippen LogP contribution in [0.3, 0.4) is 0 Å². The highest BCUT2D eigenvalue weighted by Crippen LogP contribution is 2.34. The maximum absolute atomic E-state index is 6.08. The zero-order valence-electron chi connectivity index (χ0n) is 11.0. The molecule has 2 heterocycles. The van der Waals surface area contributed by atoms with Crippen molar-refractivity contribution in [2.75, 3.05) is 29.9 Å². The Hall–Kier alpha value is -1.75. The van der Waals surface area contributed by atoms with Gasteiger partial charge in [-0.25, -0.2) is 4.98 Å². The number of hydrogen-bond donors (Lipinski definition) is 1. The molecule has 100 valence electrons. The quantitative estimate of drug-likeness (QED) is 0.914. The summed E-state index contributed by atoms with van der Waals surface area (Å²) in [6.45, 7) is 4.55. The smallest absolute Gasteiger partial charge is 0.169 e. The van der Waals surface area contributed by atoms with E-state index in [0.29, 0.717) is 6.54 Å². The number of nitrogens with zero attached hydrogens (tertiary/aromatic N) is 4. The molecule has 0 amide bonds. The zero-order valence-corrected chi connectivity index (χ0v) is 11.8. The van der Waals surface area contributed by atoms with Crippen molar-refractivity contribution in [3.8, 4) is 0 Å². The van der Waals surface area contributed by atoms with Crippen molar-refractivity contribution in [3.63, 3.8) is 0 Å². The van der Waals surface area contributed by atoms with E-state index in [1.54, 1.807) is 0 Å². The Morgan fingerprint density at radius 1 is 1.32 bits per heavy atom. The van der Waals surface area contributed by atoms with E-state index in [2.05, 4.69) is 38.1 Å². The molecule has 19 heavy (non-hydrogen) atoms. The van der Waals surface area contributed by atoms with Crippen LogP contribution in [0, 0.1) is 6.92 Å². The van der Waals surface area contributed by atoms with Gasteiger partial charge in [0.1, 0.15) is 5.82 Å². The Morgan fingerprint density at radius 3 is 2.89 bits per heavy atom. The van der Waals surface area contributed by atoms with E-state index >= 15 is 0 Å². The van der Waals surface area contributed by atoms with E-state index < -0.39 is 0 Å². The van der Waals surface area contributed by atoms with Crippen LogP contribution in [0.4, 0.5) is 11.4 Å². The van der Waals surface area contributed by atoms with Gasteiger partial charge in [0.05, 0.1) is 17.9 Å². The summed E-state index contributed by atoms with van der Waals surface area (Å²) in [5, 5.41) is 7.85. The first-order valence-corrected chi connectivity index (χ1v) is 6.65. The number of likely N-dealkylation sites (N-methyl/N-ethyl adjacent to an activating group) is 1. The number of anilines is 2. The number of aryl methyl sites for hydroxylation is 1. The normalized spacial score (nSPS) is 14.7. The van der Waals surface area contributed by atoms with Gasteiger partial charge in [0.25, 0.3) is 0 Å². The van der Waals surface area contributed by atoms with Crippen molar-refractivity contribution >= 4 is 23.0 Å². The van der Waals surface area contributed by atoms with Crippen molar-refractivity contribution in [2.45, 2.75) is 13.5 Å². The second-order valence-corrected chi connectivity index (χ2v) is 5.25. The summed E-state index contributed by atoms with van der Waals surface area (Å²) in [5.41, 5.74) is 2.34. The molecule has 0 aliphatic carbocycles. The lowest BCUT2D eigenvalue weighted by Crippen LogP contribution is -2.39. The van der Waals surface area contributed by atoms with E-state index in [4.69, 9.17) is 11.6 Å². The third kappa shape index (κ3) is 2.38. The molecule has 1 aliphatic heterocycles. The fourth-order valence-electron chi connectivity index (χ4n) is 2.38. The van der Waals surface area contributed by atoms with Crippen molar-refractivity contribution in [1.29, 1.82) is 0 Å². The molecule has 0 spiro atoms. The number of rotatable bonds is 2. The number of aromatic nitrogens is 3. The van der Waals surface area contributed by atoms with Gasteiger partial charge in [-0.1, -0.05) is 11.6 Å². The van der Waals surface area contributed by atoms with Crippen LogP contribution in [0.1, 0.15) is 11.6 Å². The molecule has 0 radical (unpaired) electrons. The Kier molecular flexibility index (Phi) is 3.06. The minimum absolute atomic E-state index is 0.715. The molecule has 0 atom stereocenters. The highest BCUT2D eigenvalue weighted by atomic mass is 35.5. The standard InChI is InChI=1S/C13H16ClN5/c1-9-15-13(17-16-9)8-19-6-5-18(2)12-7-10(14)3-4-11(12)19/h3-4,7H,5-6,8H2,1-2H3,(H,15,16,17). The molecule has 1 aromatic carbocycles. The summed E-state index contributed by atoms with van der Waals surface area (Å²) < 4.78 is 0. The second kappa shape index (κ2) is 4.74. The van der Waals surface area contributed by atoms with Crippen LogP contribution < -0.4 is 9.80 Å². The number of nitrogens with one attached hydrogen (secondary N) is 1. The summed E-state index contributed by atoms with van der Waals surface area (Å²) in [6.07, 6.45) is 0. The Balaban J connectivity index is 1.90. The molecule has 6 heteroatoms. The van der Waals surface area contributed by atoms with Gasteiger partial charge in [0.2, 0.25) is 0 Å². The Morgan fingerprint density at radius 2 is 2.16 bits per heavy atom. The van der Waals surface area contributed by atoms with Gasteiger partial charge in [0.15, 0.2) is 5.82 Å². The first-order valence-electron chi connectivity index (χ1n) is 6.27. The number of H-pyrrole nitrogens is 1. The lowest BCUT2D eigenvalue weighted by atomic mass is 10.1. The first-order chi connectivity index (χ1) is 9.13. The van der Waals surface area contributed by atoms with Gasteiger partial charge < -0.3 is 9.80 Å². The van der Waals surface area contributed by atoms with Gasteiger partial charge in [-0.2, -0.15) is 5.10 Å². The van der Waals surface area contributed by atoms with Gasteiger partial charge >= 0.3 is 0 Å². The number of aromatic amines is 1. The molecule has 1 aromatic heterocycles. The molecular weight excluding hydrogens is 262 g/mol. The molecule has 3 rings (SSSR count). The molecule has 5 nitrogen and oxygen atoms in total. The fourth-order valence-corrected chi connectivity index (χ4v) is 2.54. The van der Waals surface area contributed by atoms with Crippen LogP contribution in [-0.2, 0) is 6.54 Å². The predicted octanol–water partition coefficient (Wildman–Crippen LogP) is 2.22. The summed E-state index contributed by atoms with van der Waals surface area (Å²) in [7, 11) is 2.09. The van der Waals surface area contributed by atoms with Crippen molar-refractivity contribution in [3.05, 3.63) is 34.9 Å². The Bertz CT molecular complexity index is 594. The lowest BCUT2D eigenvalue weighted by molar-refractivity contribution is 0.713. The third-order valence-corrected chi connectivity index (χ3v) is 3.61. The van der Waals surface area contributed by atoms with Crippen LogP contribution in [0.25, 0.3) is 0 Å². The molecule has 0 unspecified atom stereocenters. The monoisotopic (exact) mass is 277 g/mol. The Labute approximate surface area is 117 Å². The summed E-state index contributed by atoms with van der Waals surface area (Å²) in [5.74, 6) is 1.67. The second-order valence-electron chi connectivity index (χ2n) is 4.81. The fraction of sp³-hybridized carbons (Fsp3) is 0.385. The van der Waals surface area contributed by atoms with Crippen LogP contribution >= 0.6 is 11.6 Å². The van der Waals surface area contributed by atoms with Crippen LogP contribution in [0.15, 0.2) is 18.2 Å². The summed E-state index contributed by atoms with van der Waals surface area (Å²) in [4.78, 5) is 8.88. The number of halogens is 1. The van der Waals surface area contributed by atoms with Crippen molar-refractivity contribution < 1.29 is 0 Å². The van der Waals surface area contributed by atoms with Crippen molar-refractivity contribution in [1.82, 2.24) is 15.2 Å². The highest BCUT2D eigenvalue weighted by molar-refractivity contribution is 6.31. The minimum atomic E-state index is 0.715. The maximum Gasteiger partial charge on any atom is 0.169 e. The average Bonchev–Trinajstić information content (AvgIpc) is 2.79. The predicted molar refractivity (Wildman–Crippen MR) is 76.9 cm³/mol. The van der Waals surface area contributed by atoms with Crippen LogP contribution in [0.2, 0.25) is 5.02 Å². The maximum atomic E-state index is 6.08. The molecule has 2 aromatic rings. The van der Waals surface area contributed by atoms with Crippen LogP contribution in [0.5, 0.6) is 0 Å². The zero-order chi connectivity index (χ0) is 13.4. The number of benzene rings is 1. The summed E-state index contributed by atoms with van der Waals surface area (Å²) >= 11 is 6.08. The molecule has 0 saturated heterocycles. The molecule has 0 bridgehead atoms. The van der Waals surface area contributed by atoms with Gasteiger partial charge in [-0.05, 0) is 25.1 Å². The van der Waals surface area contributed by atoms with Gasteiger partial charge in [-0.3, -0.25) is 5.10 Å². The van der Waals surface area contributed by atoms with Gasteiger partial charge in [-0.15, -0.1) is 0 Å².